The Morgan fingerprint density at radius 3 is 2.08 bits per heavy atom. The van der Waals surface area contributed by atoms with Crippen LogP contribution in [0.4, 0.5) is 28.4 Å². The van der Waals surface area contributed by atoms with Crippen molar-refractivity contribution in [3.05, 3.63) is 106 Å². The Balaban J connectivity index is 1.77. The number of anilines is 3. The van der Waals surface area contributed by atoms with Crippen molar-refractivity contribution in [1.82, 2.24) is 4.98 Å². The van der Waals surface area contributed by atoms with Crippen molar-refractivity contribution in [3.63, 3.8) is 0 Å². The standard InChI is InChI=1S/C27H23N5O5/c1-2-37-27(36)21-22(28)23(25(34)29-24(21)33)31-30-20-16-10-9-15-19(20)26(35)32(17-11-5-3-6-12-17)18-13-7-4-8-14-18/h3-16H,2H2,1H3,(H4,28,29,33,34)/b31-30+. The maximum Gasteiger partial charge on any atom is 0.345 e. The van der Waals surface area contributed by atoms with E-state index in [9.17, 15) is 19.5 Å². The van der Waals surface area contributed by atoms with Crippen LogP contribution in [-0.2, 0) is 4.74 Å². The van der Waals surface area contributed by atoms with E-state index in [4.69, 9.17) is 10.5 Å². The van der Waals surface area contributed by atoms with Crippen LogP contribution in [0.5, 0.6) is 5.88 Å². The maximum atomic E-state index is 13.8. The lowest BCUT2D eigenvalue weighted by Gasteiger charge is -2.23. The highest BCUT2D eigenvalue weighted by atomic mass is 16.5. The molecule has 0 aliphatic heterocycles. The van der Waals surface area contributed by atoms with Gasteiger partial charge in [-0.2, -0.15) is 0 Å². The summed E-state index contributed by atoms with van der Waals surface area (Å²) in [6, 6.07) is 24.8. The van der Waals surface area contributed by atoms with Gasteiger partial charge in [0.05, 0.1) is 23.5 Å². The molecular weight excluding hydrogens is 474 g/mol. The average molecular weight is 498 g/mol. The lowest BCUT2D eigenvalue weighted by molar-refractivity contribution is 0.0525. The summed E-state index contributed by atoms with van der Waals surface area (Å²) >= 11 is 0. The van der Waals surface area contributed by atoms with E-state index in [0.717, 1.165) is 0 Å². The van der Waals surface area contributed by atoms with E-state index in [-0.39, 0.29) is 29.5 Å². The zero-order chi connectivity index (χ0) is 26.4. The molecule has 0 radical (unpaired) electrons. The van der Waals surface area contributed by atoms with Gasteiger partial charge in [-0.25, -0.2) is 4.79 Å². The molecule has 1 heterocycles. The van der Waals surface area contributed by atoms with Gasteiger partial charge >= 0.3 is 5.97 Å². The second kappa shape index (κ2) is 11.0. The number of rotatable bonds is 7. The van der Waals surface area contributed by atoms with Gasteiger partial charge in [-0.05, 0) is 43.3 Å². The van der Waals surface area contributed by atoms with Crippen molar-refractivity contribution in [3.8, 4) is 5.88 Å². The maximum absolute atomic E-state index is 13.8. The number of azo groups is 1. The van der Waals surface area contributed by atoms with Gasteiger partial charge in [0, 0.05) is 11.4 Å². The Hall–Kier alpha value is -5.25. The van der Waals surface area contributed by atoms with E-state index in [2.05, 4.69) is 15.2 Å². The predicted molar refractivity (Wildman–Crippen MR) is 139 cm³/mol. The Kier molecular flexibility index (Phi) is 7.39. The molecule has 0 saturated heterocycles. The molecule has 0 fully saturated rings. The summed E-state index contributed by atoms with van der Waals surface area (Å²) in [5, 5.41) is 18.3. The molecule has 1 amide bonds. The highest BCUT2D eigenvalue weighted by Crippen LogP contribution is 2.35. The second-order valence-electron chi connectivity index (χ2n) is 7.69. The van der Waals surface area contributed by atoms with Crippen molar-refractivity contribution in [2.24, 2.45) is 10.2 Å². The number of H-pyrrole nitrogens is 1. The van der Waals surface area contributed by atoms with Crippen LogP contribution in [0, 0.1) is 0 Å². The van der Waals surface area contributed by atoms with Gasteiger partial charge in [0.2, 0.25) is 5.88 Å². The van der Waals surface area contributed by atoms with Gasteiger partial charge in [0.15, 0.2) is 11.3 Å². The van der Waals surface area contributed by atoms with Crippen molar-refractivity contribution < 1.29 is 19.4 Å². The van der Waals surface area contributed by atoms with Gasteiger partial charge in [0.1, 0.15) is 0 Å². The molecule has 186 valence electrons. The summed E-state index contributed by atoms with van der Waals surface area (Å²) in [4.78, 5) is 41.8. The fourth-order valence-corrected chi connectivity index (χ4v) is 3.61. The molecule has 4 aromatic rings. The van der Waals surface area contributed by atoms with E-state index < -0.39 is 28.7 Å². The fourth-order valence-electron chi connectivity index (χ4n) is 3.61. The molecule has 4 rings (SSSR count). The summed E-state index contributed by atoms with van der Waals surface area (Å²) in [5.74, 6) is -2.02. The number of nitrogens with two attached hydrogens (primary N) is 1. The first-order valence-electron chi connectivity index (χ1n) is 11.3. The highest BCUT2D eigenvalue weighted by Gasteiger charge is 2.24. The second-order valence-corrected chi connectivity index (χ2v) is 7.69. The highest BCUT2D eigenvalue weighted by molar-refractivity contribution is 6.13. The Labute approximate surface area is 211 Å². The third kappa shape index (κ3) is 5.22. The monoisotopic (exact) mass is 497 g/mol. The molecule has 0 spiro atoms. The fraction of sp³-hybridized carbons (Fsp3) is 0.0741. The molecule has 10 heteroatoms. The molecule has 3 aromatic carbocycles. The van der Waals surface area contributed by atoms with Crippen LogP contribution in [0.25, 0.3) is 0 Å². The number of aromatic hydroxyl groups is 1. The largest absolute Gasteiger partial charge is 0.493 e. The number of hydrogen-bond donors (Lipinski definition) is 3. The SMILES string of the molecule is CCOC(=O)c1c(N)c(/N=N/c2ccccc2C(=O)N(c2ccccc2)c2ccccc2)c(O)[nH]c1=O. The van der Waals surface area contributed by atoms with E-state index in [0.29, 0.717) is 11.4 Å². The van der Waals surface area contributed by atoms with E-state index in [1.54, 1.807) is 36.1 Å². The molecule has 0 unspecified atom stereocenters. The van der Waals surface area contributed by atoms with Crippen LogP contribution in [0.15, 0.2) is 100.0 Å². The number of aromatic amines is 1. The minimum Gasteiger partial charge on any atom is -0.493 e. The Bertz CT molecular complexity index is 1480. The number of amides is 1. The molecule has 10 nitrogen and oxygen atoms in total. The third-order valence-electron chi connectivity index (χ3n) is 5.31. The number of pyridine rings is 1. The first-order chi connectivity index (χ1) is 17.9. The van der Waals surface area contributed by atoms with Crippen LogP contribution < -0.4 is 16.2 Å². The zero-order valence-corrected chi connectivity index (χ0v) is 19.8. The topological polar surface area (TPSA) is 150 Å². The summed E-state index contributed by atoms with van der Waals surface area (Å²) in [6.45, 7) is 1.59. The van der Waals surface area contributed by atoms with Crippen LogP contribution in [-0.4, -0.2) is 28.6 Å². The first-order valence-corrected chi connectivity index (χ1v) is 11.3. The van der Waals surface area contributed by atoms with Gasteiger partial charge in [-0.1, -0.05) is 48.5 Å². The van der Waals surface area contributed by atoms with Crippen LogP contribution >= 0.6 is 0 Å². The van der Waals surface area contributed by atoms with Crippen LogP contribution in [0.1, 0.15) is 27.6 Å². The number of carbonyl (C=O) groups is 2. The number of hydrogen-bond acceptors (Lipinski definition) is 8. The summed E-state index contributed by atoms with van der Waals surface area (Å²) in [5.41, 5.74) is 5.48. The molecule has 0 aliphatic carbocycles. The minimum atomic E-state index is -0.963. The zero-order valence-electron chi connectivity index (χ0n) is 19.8. The molecule has 4 N–H and O–H groups in total. The van der Waals surface area contributed by atoms with Crippen molar-refractivity contribution >= 4 is 40.3 Å². The number of aromatic nitrogens is 1. The lowest BCUT2D eigenvalue weighted by Crippen LogP contribution is -2.26. The van der Waals surface area contributed by atoms with E-state index in [1.165, 1.54) is 0 Å². The van der Waals surface area contributed by atoms with Crippen molar-refractivity contribution in [1.29, 1.82) is 0 Å². The third-order valence-corrected chi connectivity index (χ3v) is 5.31. The number of nitrogens with one attached hydrogen (secondary N) is 1. The number of ether oxygens (including phenoxy) is 1. The van der Waals surface area contributed by atoms with E-state index in [1.807, 2.05) is 60.7 Å². The molecule has 0 bridgehead atoms. The minimum absolute atomic E-state index is 0.0181. The van der Waals surface area contributed by atoms with Crippen molar-refractivity contribution in [2.45, 2.75) is 6.92 Å². The van der Waals surface area contributed by atoms with Crippen LogP contribution in [0.3, 0.4) is 0 Å². The summed E-state index contributed by atoms with van der Waals surface area (Å²) in [7, 11) is 0. The van der Waals surface area contributed by atoms with Gasteiger partial charge in [-0.3, -0.25) is 19.5 Å². The number of benzene rings is 3. The van der Waals surface area contributed by atoms with E-state index >= 15 is 0 Å². The lowest BCUT2D eigenvalue weighted by atomic mass is 10.1. The number of esters is 1. The molecule has 0 saturated carbocycles. The summed E-state index contributed by atoms with van der Waals surface area (Å²) in [6.07, 6.45) is 0. The van der Waals surface area contributed by atoms with Gasteiger partial charge < -0.3 is 15.6 Å². The van der Waals surface area contributed by atoms with Gasteiger partial charge in [0.25, 0.3) is 11.5 Å². The number of para-hydroxylation sites is 2. The molecule has 37 heavy (non-hydrogen) atoms. The predicted octanol–water partition coefficient (Wildman–Crippen LogP) is 5.23. The number of carbonyl (C=O) groups excluding carboxylic acids is 2. The Morgan fingerprint density at radius 1 is 0.919 bits per heavy atom. The van der Waals surface area contributed by atoms with Crippen LogP contribution in [0.2, 0.25) is 0 Å². The normalized spacial score (nSPS) is 10.8. The number of nitrogens with zero attached hydrogens (tertiary/aromatic N) is 3. The molecule has 0 atom stereocenters. The molecule has 1 aromatic heterocycles. The molecule has 0 aliphatic rings. The summed E-state index contributed by atoms with van der Waals surface area (Å²) < 4.78 is 4.87. The van der Waals surface area contributed by atoms with Gasteiger partial charge in [-0.15, -0.1) is 10.2 Å². The first kappa shape index (κ1) is 24.9. The quantitative estimate of drug-likeness (QED) is 0.235. The molecular formula is C27H23N5O5. The smallest absolute Gasteiger partial charge is 0.345 e. The number of nitrogen functional groups attached to an aromatic ring is 1. The Morgan fingerprint density at radius 2 is 1.49 bits per heavy atom. The van der Waals surface area contributed by atoms with Crippen molar-refractivity contribution in [2.75, 3.05) is 17.2 Å². The average Bonchev–Trinajstić information content (AvgIpc) is 2.90.